The number of aromatic nitrogens is 2. The summed E-state index contributed by atoms with van der Waals surface area (Å²) in [7, 11) is 0. The summed E-state index contributed by atoms with van der Waals surface area (Å²) in [5.41, 5.74) is 5.48. The van der Waals surface area contributed by atoms with Gasteiger partial charge in [0.2, 0.25) is 0 Å². The van der Waals surface area contributed by atoms with E-state index in [4.69, 9.17) is 14.7 Å². The maximum absolute atomic E-state index is 11.0. The SMILES string of the molecule is O=[N+]([O-])c1ccc(-c2c3c(nc4nc(N5CCOCC5)sc24)CCCC3)cc1. The highest BCUT2D eigenvalue weighted by Crippen LogP contribution is 2.41. The van der Waals surface area contributed by atoms with Gasteiger partial charge in [0.15, 0.2) is 10.8 Å². The Balaban J connectivity index is 1.68. The molecule has 1 aliphatic carbocycles. The lowest BCUT2D eigenvalue weighted by molar-refractivity contribution is -0.384. The summed E-state index contributed by atoms with van der Waals surface area (Å²) in [5, 5.41) is 12.0. The van der Waals surface area contributed by atoms with Gasteiger partial charge in [-0.15, -0.1) is 0 Å². The molecule has 28 heavy (non-hydrogen) atoms. The Morgan fingerprint density at radius 2 is 1.82 bits per heavy atom. The summed E-state index contributed by atoms with van der Waals surface area (Å²) >= 11 is 1.67. The largest absolute Gasteiger partial charge is 0.378 e. The molecule has 2 aromatic heterocycles. The van der Waals surface area contributed by atoms with E-state index in [2.05, 4.69) is 4.90 Å². The number of anilines is 1. The molecule has 1 fully saturated rings. The lowest BCUT2D eigenvalue weighted by Gasteiger charge is -2.25. The smallest absolute Gasteiger partial charge is 0.269 e. The molecule has 0 unspecified atom stereocenters. The van der Waals surface area contributed by atoms with Crippen LogP contribution in [0, 0.1) is 10.1 Å². The number of fused-ring (bicyclic) bond motifs is 2. The number of nitro groups is 1. The zero-order valence-electron chi connectivity index (χ0n) is 15.4. The second-order valence-corrected chi connectivity index (χ2v) is 8.15. The van der Waals surface area contributed by atoms with Crippen LogP contribution in [0.25, 0.3) is 21.5 Å². The molecule has 0 atom stereocenters. The van der Waals surface area contributed by atoms with Crippen molar-refractivity contribution in [3.63, 3.8) is 0 Å². The molecule has 5 rings (SSSR count). The van der Waals surface area contributed by atoms with Gasteiger partial charge in [0, 0.05) is 36.5 Å². The number of morpholine rings is 1. The summed E-state index contributed by atoms with van der Waals surface area (Å²) in [6, 6.07) is 6.88. The van der Waals surface area contributed by atoms with Crippen molar-refractivity contribution in [2.24, 2.45) is 0 Å². The van der Waals surface area contributed by atoms with E-state index in [0.29, 0.717) is 0 Å². The van der Waals surface area contributed by atoms with Crippen LogP contribution >= 0.6 is 11.3 Å². The molecule has 2 aliphatic rings. The van der Waals surface area contributed by atoms with Crippen LogP contribution in [0.2, 0.25) is 0 Å². The Bertz CT molecular complexity index is 1040. The van der Waals surface area contributed by atoms with Gasteiger partial charge in [-0.05, 0) is 48.9 Å². The van der Waals surface area contributed by atoms with Gasteiger partial charge in [-0.2, -0.15) is 4.98 Å². The molecule has 0 spiro atoms. The number of non-ortho nitro benzene ring substituents is 1. The van der Waals surface area contributed by atoms with Crippen molar-refractivity contribution in [2.75, 3.05) is 31.2 Å². The topological polar surface area (TPSA) is 81.4 Å². The van der Waals surface area contributed by atoms with E-state index in [1.54, 1.807) is 23.5 Å². The maximum atomic E-state index is 11.0. The van der Waals surface area contributed by atoms with Crippen molar-refractivity contribution in [1.29, 1.82) is 0 Å². The molecule has 1 aromatic carbocycles. The molecule has 1 saturated heterocycles. The molecule has 144 valence electrons. The number of hydrogen-bond acceptors (Lipinski definition) is 7. The minimum atomic E-state index is -0.357. The molecule has 0 N–H and O–H groups in total. The van der Waals surface area contributed by atoms with Crippen LogP contribution in [-0.4, -0.2) is 41.2 Å². The normalized spacial score (nSPS) is 16.9. The third-order valence-corrected chi connectivity index (χ3v) is 6.58. The first-order chi connectivity index (χ1) is 13.7. The first-order valence-electron chi connectivity index (χ1n) is 9.60. The quantitative estimate of drug-likeness (QED) is 0.492. The van der Waals surface area contributed by atoms with E-state index in [1.807, 2.05) is 12.1 Å². The van der Waals surface area contributed by atoms with Gasteiger partial charge in [-0.1, -0.05) is 11.3 Å². The number of thiazole rings is 1. The lowest BCUT2D eigenvalue weighted by Crippen LogP contribution is -2.36. The number of ether oxygens (including phenoxy) is 1. The van der Waals surface area contributed by atoms with Crippen molar-refractivity contribution in [1.82, 2.24) is 9.97 Å². The Labute approximate surface area is 166 Å². The van der Waals surface area contributed by atoms with Crippen molar-refractivity contribution < 1.29 is 9.66 Å². The second kappa shape index (κ2) is 7.10. The van der Waals surface area contributed by atoms with Crippen molar-refractivity contribution in [3.8, 4) is 11.1 Å². The third-order valence-electron chi connectivity index (χ3n) is 5.45. The Morgan fingerprint density at radius 1 is 1.07 bits per heavy atom. The van der Waals surface area contributed by atoms with Crippen molar-refractivity contribution in [3.05, 3.63) is 45.6 Å². The summed E-state index contributed by atoms with van der Waals surface area (Å²) in [5.74, 6) is 0. The highest BCUT2D eigenvalue weighted by molar-refractivity contribution is 7.22. The number of hydrogen-bond donors (Lipinski definition) is 0. The predicted octanol–water partition coefficient (Wildman–Crippen LogP) is 3.98. The highest BCUT2D eigenvalue weighted by atomic mass is 32.1. The first-order valence-corrected chi connectivity index (χ1v) is 10.4. The third kappa shape index (κ3) is 3.02. The van der Waals surface area contributed by atoms with Gasteiger partial charge < -0.3 is 9.64 Å². The lowest BCUT2D eigenvalue weighted by atomic mass is 9.89. The Hall–Kier alpha value is -2.58. The number of aryl methyl sites for hydroxylation is 1. The summed E-state index contributed by atoms with van der Waals surface area (Å²) < 4.78 is 6.54. The average molecular weight is 396 g/mol. The molecule has 8 heteroatoms. The zero-order chi connectivity index (χ0) is 19.1. The molecule has 0 radical (unpaired) electrons. The fourth-order valence-electron chi connectivity index (χ4n) is 4.03. The van der Waals surface area contributed by atoms with Crippen LogP contribution in [0.5, 0.6) is 0 Å². The van der Waals surface area contributed by atoms with Crippen LogP contribution in [-0.2, 0) is 17.6 Å². The molecular weight excluding hydrogens is 376 g/mol. The zero-order valence-corrected chi connectivity index (χ0v) is 16.2. The van der Waals surface area contributed by atoms with Crippen molar-refractivity contribution in [2.45, 2.75) is 25.7 Å². The molecule has 0 bridgehead atoms. The summed E-state index contributed by atoms with van der Waals surface area (Å²) in [4.78, 5) is 22.7. The van der Waals surface area contributed by atoms with Crippen LogP contribution in [0.1, 0.15) is 24.1 Å². The van der Waals surface area contributed by atoms with Gasteiger partial charge >= 0.3 is 0 Å². The van der Waals surface area contributed by atoms with E-state index in [0.717, 1.165) is 84.3 Å². The van der Waals surface area contributed by atoms with Gasteiger partial charge in [0.05, 0.1) is 22.8 Å². The fourth-order valence-corrected chi connectivity index (χ4v) is 5.18. The molecular formula is C20H20N4O3S. The predicted molar refractivity (Wildman–Crippen MR) is 109 cm³/mol. The van der Waals surface area contributed by atoms with Gasteiger partial charge in [0.25, 0.3) is 5.69 Å². The molecule has 3 aromatic rings. The van der Waals surface area contributed by atoms with Gasteiger partial charge in [-0.3, -0.25) is 10.1 Å². The monoisotopic (exact) mass is 396 g/mol. The Morgan fingerprint density at radius 3 is 2.57 bits per heavy atom. The number of nitrogens with zero attached hydrogens (tertiary/aromatic N) is 4. The van der Waals surface area contributed by atoms with Crippen LogP contribution in [0.4, 0.5) is 10.8 Å². The minimum Gasteiger partial charge on any atom is -0.378 e. The summed E-state index contributed by atoms with van der Waals surface area (Å²) in [6.45, 7) is 3.11. The van der Waals surface area contributed by atoms with Gasteiger partial charge in [-0.25, -0.2) is 4.98 Å². The number of pyridine rings is 1. The van der Waals surface area contributed by atoms with Crippen LogP contribution in [0.3, 0.4) is 0 Å². The number of benzene rings is 1. The molecule has 3 heterocycles. The summed E-state index contributed by atoms with van der Waals surface area (Å²) in [6.07, 6.45) is 4.26. The van der Waals surface area contributed by atoms with Crippen molar-refractivity contribution >= 4 is 32.5 Å². The number of nitro benzene ring substituents is 1. The molecule has 7 nitrogen and oxygen atoms in total. The van der Waals surface area contributed by atoms with E-state index in [9.17, 15) is 10.1 Å². The highest BCUT2D eigenvalue weighted by Gasteiger charge is 2.24. The van der Waals surface area contributed by atoms with Crippen LogP contribution in [0.15, 0.2) is 24.3 Å². The Kier molecular flexibility index (Phi) is 4.44. The average Bonchev–Trinajstić information content (AvgIpc) is 3.16. The second-order valence-electron chi connectivity index (χ2n) is 7.17. The molecule has 1 aliphatic heterocycles. The van der Waals surface area contributed by atoms with Crippen LogP contribution < -0.4 is 4.90 Å². The van der Waals surface area contributed by atoms with E-state index >= 15 is 0 Å². The maximum Gasteiger partial charge on any atom is 0.269 e. The minimum absolute atomic E-state index is 0.112. The standard InChI is InChI=1S/C20H20N4O3S/c25-24(26)14-7-5-13(6-8-14)17-15-3-1-2-4-16(15)21-19-18(17)28-20(22-19)23-9-11-27-12-10-23/h5-8H,1-4,9-12H2. The van der Waals surface area contributed by atoms with E-state index in [-0.39, 0.29) is 10.6 Å². The van der Waals surface area contributed by atoms with E-state index in [1.165, 1.54) is 5.56 Å². The number of rotatable bonds is 3. The fraction of sp³-hybridized carbons (Fsp3) is 0.400. The molecule has 0 amide bonds. The van der Waals surface area contributed by atoms with Gasteiger partial charge in [0.1, 0.15) is 0 Å². The molecule has 0 saturated carbocycles. The first kappa shape index (κ1) is 17.5. The van der Waals surface area contributed by atoms with E-state index < -0.39 is 0 Å².